The second-order valence-electron chi connectivity index (χ2n) is 2.46. The number of benzene rings is 1. The monoisotopic (exact) mass is 186 g/mol. The third-order valence-corrected chi connectivity index (χ3v) is 1.70. The highest BCUT2D eigenvalue weighted by molar-refractivity contribution is 6.33. The summed E-state index contributed by atoms with van der Waals surface area (Å²) in [7, 11) is 0. The number of rotatable bonds is 2. The molecule has 0 saturated heterocycles. The van der Waals surface area contributed by atoms with E-state index >= 15 is 0 Å². The first-order chi connectivity index (χ1) is 5.63. The Bertz CT molecular complexity index is 296. The molecule has 0 radical (unpaired) electrons. The van der Waals surface area contributed by atoms with Gasteiger partial charge in [0.15, 0.2) is 5.78 Å². The van der Waals surface area contributed by atoms with E-state index in [1.165, 1.54) is 25.1 Å². The minimum absolute atomic E-state index is 0.0556. The topological polar surface area (TPSA) is 17.1 Å². The van der Waals surface area contributed by atoms with E-state index in [1.54, 1.807) is 6.07 Å². The third kappa shape index (κ3) is 1.83. The molecule has 1 rings (SSSR count). The Morgan fingerprint density at radius 1 is 1.50 bits per heavy atom. The molecule has 1 unspecified atom stereocenters. The Morgan fingerprint density at radius 2 is 2.08 bits per heavy atom. The normalized spacial score (nSPS) is 12.6. The summed E-state index contributed by atoms with van der Waals surface area (Å²) in [4.78, 5) is 11.2. The Hall–Kier alpha value is -0.890. The number of hydrogen-bond donors (Lipinski definition) is 0. The van der Waals surface area contributed by atoms with Crippen LogP contribution in [0.2, 0.25) is 0 Å². The zero-order valence-electron chi connectivity index (χ0n) is 6.55. The van der Waals surface area contributed by atoms with Crippen molar-refractivity contribution in [2.75, 3.05) is 0 Å². The number of hydrogen-bond acceptors (Lipinski definition) is 1. The zero-order chi connectivity index (χ0) is 9.14. The Labute approximate surface area is 75.2 Å². The van der Waals surface area contributed by atoms with Crippen LogP contribution in [0.15, 0.2) is 24.3 Å². The third-order valence-electron chi connectivity index (χ3n) is 1.50. The fourth-order valence-corrected chi connectivity index (χ4v) is 0.993. The maximum Gasteiger partial charge on any atom is 0.183 e. The number of ketones is 1. The number of halogens is 2. The van der Waals surface area contributed by atoms with E-state index in [2.05, 4.69) is 0 Å². The van der Waals surface area contributed by atoms with Crippen LogP contribution >= 0.6 is 11.6 Å². The van der Waals surface area contributed by atoms with Crippen LogP contribution in [0.25, 0.3) is 0 Å². The lowest BCUT2D eigenvalue weighted by atomic mass is 10.1. The first-order valence-electron chi connectivity index (χ1n) is 3.55. The second kappa shape index (κ2) is 3.68. The molecular weight excluding hydrogens is 179 g/mol. The minimum atomic E-state index is -0.679. The summed E-state index contributed by atoms with van der Waals surface area (Å²) < 4.78 is 12.9. The smallest absolute Gasteiger partial charge is 0.183 e. The van der Waals surface area contributed by atoms with Crippen LogP contribution in [0.5, 0.6) is 0 Å². The van der Waals surface area contributed by atoms with Crippen LogP contribution in [0, 0.1) is 5.82 Å². The van der Waals surface area contributed by atoms with Gasteiger partial charge in [-0.15, -0.1) is 11.6 Å². The molecule has 0 amide bonds. The van der Waals surface area contributed by atoms with Crippen molar-refractivity contribution in [2.45, 2.75) is 12.3 Å². The molecule has 0 aliphatic carbocycles. The molecule has 0 aromatic heterocycles. The van der Waals surface area contributed by atoms with E-state index in [0.717, 1.165) is 0 Å². The summed E-state index contributed by atoms with van der Waals surface area (Å²) in [6.07, 6.45) is 0. The predicted molar refractivity (Wildman–Crippen MR) is 46.0 cm³/mol. The van der Waals surface area contributed by atoms with E-state index in [9.17, 15) is 9.18 Å². The maximum absolute atomic E-state index is 12.9. The maximum atomic E-state index is 12.9. The molecule has 0 aliphatic heterocycles. The van der Waals surface area contributed by atoms with Gasteiger partial charge in [0.05, 0.1) is 10.9 Å². The lowest BCUT2D eigenvalue weighted by molar-refractivity contribution is 0.0988. The molecular formula is C9H8ClFO. The Morgan fingerprint density at radius 3 is 2.58 bits per heavy atom. The van der Waals surface area contributed by atoms with Crippen LogP contribution < -0.4 is 0 Å². The van der Waals surface area contributed by atoms with Gasteiger partial charge in [0.1, 0.15) is 5.82 Å². The van der Waals surface area contributed by atoms with Gasteiger partial charge < -0.3 is 0 Å². The molecule has 3 heteroatoms. The van der Waals surface area contributed by atoms with Crippen LogP contribution in [-0.2, 0) is 0 Å². The van der Waals surface area contributed by atoms with Gasteiger partial charge in [0.25, 0.3) is 0 Å². The molecule has 1 aromatic carbocycles. The van der Waals surface area contributed by atoms with Gasteiger partial charge in [0, 0.05) is 0 Å². The van der Waals surface area contributed by atoms with Crippen LogP contribution in [0.1, 0.15) is 17.3 Å². The Balaban J connectivity index is 3.03. The Kier molecular flexibility index (Phi) is 2.82. The lowest BCUT2D eigenvalue weighted by Crippen LogP contribution is -2.12. The van der Waals surface area contributed by atoms with Crippen molar-refractivity contribution < 1.29 is 9.18 Å². The molecule has 0 heterocycles. The highest BCUT2D eigenvalue weighted by Crippen LogP contribution is 2.11. The largest absolute Gasteiger partial charge is 0.292 e. The summed E-state index contributed by atoms with van der Waals surface area (Å²) in [6, 6.07) is 5.81. The number of alkyl halides is 1. The predicted octanol–water partition coefficient (Wildman–Crippen LogP) is 2.64. The van der Waals surface area contributed by atoms with Crippen molar-refractivity contribution >= 4 is 17.4 Å². The van der Waals surface area contributed by atoms with E-state index in [1.807, 2.05) is 0 Å². The van der Waals surface area contributed by atoms with Crippen molar-refractivity contribution in [2.24, 2.45) is 0 Å². The van der Waals surface area contributed by atoms with Gasteiger partial charge in [-0.3, -0.25) is 4.79 Å². The number of Topliss-reactive ketones (excluding diaryl/α,β-unsaturated/α-hetero) is 1. The molecule has 0 saturated carbocycles. The summed E-state index contributed by atoms with van der Waals surface area (Å²) in [5, 5.41) is -0.679. The van der Waals surface area contributed by atoms with Gasteiger partial charge in [-0.25, -0.2) is 4.39 Å². The van der Waals surface area contributed by atoms with Crippen molar-refractivity contribution in [1.82, 2.24) is 0 Å². The molecule has 1 atom stereocenters. The summed E-state index contributed by atoms with van der Waals surface area (Å²) in [5.74, 6) is -0.898. The van der Waals surface area contributed by atoms with Crippen molar-refractivity contribution in [3.05, 3.63) is 35.6 Å². The highest BCUT2D eigenvalue weighted by Gasteiger charge is 2.15. The average molecular weight is 187 g/mol. The molecule has 1 aromatic rings. The molecule has 0 aliphatic rings. The van der Waals surface area contributed by atoms with Gasteiger partial charge in [-0.2, -0.15) is 0 Å². The van der Waals surface area contributed by atoms with E-state index in [0.29, 0.717) is 0 Å². The lowest BCUT2D eigenvalue weighted by Gasteiger charge is -2.02. The highest BCUT2D eigenvalue weighted by atomic mass is 35.5. The SMILES string of the molecule is CC(Cl)C(=O)c1ccccc1F. The zero-order valence-corrected chi connectivity index (χ0v) is 7.31. The fraction of sp³-hybridized carbons (Fsp3) is 0.222. The van der Waals surface area contributed by atoms with Crippen molar-refractivity contribution in [1.29, 1.82) is 0 Å². The molecule has 0 fully saturated rings. The van der Waals surface area contributed by atoms with Gasteiger partial charge >= 0.3 is 0 Å². The van der Waals surface area contributed by atoms with Crippen LogP contribution in [0.4, 0.5) is 4.39 Å². The summed E-state index contributed by atoms with van der Waals surface area (Å²) >= 11 is 5.52. The fourth-order valence-electron chi connectivity index (χ4n) is 0.875. The van der Waals surface area contributed by atoms with Crippen molar-refractivity contribution in [3.63, 3.8) is 0 Å². The van der Waals surface area contributed by atoms with Crippen molar-refractivity contribution in [3.8, 4) is 0 Å². The molecule has 12 heavy (non-hydrogen) atoms. The van der Waals surface area contributed by atoms with Gasteiger partial charge in [-0.1, -0.05) is 12.1 Å². The van der Waals surface area contributed by atoms with E-state index in [4.69, 9.17) is 11.6 Å². The standard InChI is InChI=1S/C9H8ClFO/c1-6(10)9(12)7-4-2-3-5-8(7)11/h2-6H,1H3. The summed E-state index contributed by atoms with van der Waals surface area (Å²) in [5.41, 5.74) is 0.0556. The first-order valence-corrected chi connectivity index (χ1v) is 3.99. The van der Waals surface area contributed by atoms with Crippen LogP contribution in [-0.4, -0.2) is 11.2 Å². The van der Waals surface area contributed by atoms with Gasteiger partial charge in [-0.05, 0) is 19.1 Å². The van der Waals surface area contributed by atoms with Gasteiger partial charge in [0.2, 0.25) is 0 Å². The molecule has 1 nitrogen and oxygen atoms in total. The molecule has 64 valence electrons. The summed E-state index contributed by atoms with van der Waals surface area (Å²) in [6.45, 7) is 1.52. The molecule has 0 spiro atoms. The molecule has 0 bridgehead atoms. The molecule has 0 N–H and O–H groups in total. The van der Waals surface area contributed by atoms with Crippen LogP contribution in [0.3, 0.4) is 0 Å². The minimum Gasteiger partial charge on any atom is -0.292 e. The number of carbonyl (C=O) groups is 1. The van der Waals surface area contributed by atoms with E-state index in [-0.39, 0.29) is 11.3 Å². The van der Waals surface area contributed by atoms with E-state index < -0.39 is 11.2 Å². The average Bonchev–Trinajstić information content (AvgIpc) is 2.04. The second-order valence-corrected chi connectivity index (χ2v) is 3.11. The first kappa shape index (κ1) is 9.20. The quantitative estimate of drug-likeness (QED) is 0.513. The number of carbonyl (C=O) groups excluding carboxylic acids is 1.